The third kappa shape index (κ3) is 2.75. The van der Waals surface area contributed by atoms with Gasteiger partial charge in [-0.1, -0.05) is 48.6 Å². The molecule has 0 heterocycles. The topological polar surface area (TPSA) is 12.0 Å². The first kappa shape index (κ1) is 11.9. The Morgan fingerprint density at radius 2 is 1.94 bits per heavy atom. The number of aryl methyl sites for hydroxylation is 1. The standard InChI is InChI=1S/C16H19N/c1-13-10-11-14-7-3-4-9-16(14)15(13)8-5-6-12-17-2/h3-5,7-11,17H,6,12H2,1-2H3. The summed E-state index contributed by atoms with van der Waals surface area (Å²) in [5.41, 5.74) is 2.68. The molecule has 0 saturated carbocycles. The van der Waals surface area contributed by atoms with Crippen LogP contribution < -0.4 is 5.32 Å². The highest BCUT2D eigenvalue weighted by Gasteiger charge is 2.00. The van der Waals surface area contributed by atoms with Crippen LogP contribution in [0.1, 0.15) is 17.5 Å². The Labute approximate surface area is 103 Å². The molecule has 0 atom stereocenters. The zero-order chi connectivity index (χ0) is 12.1. The van der Waals surface area contributed by atoms with Gasteiger partial charge in [-0.05, 0) is 48.8 Å². The lowest BCUT2D eigenvalue weighted by atomic mass is 9.99. The Bertz CT molecular complexity index is 526. The molecule has 88 valence electrons. The van der Waals surface area contributed by atoms with Crippen molar-refractivity contribution in [2.75, 3.05) is 13.6 Å². The number of benzene rings is 2. The average Bonchev–Trinajstić information content (AvgIpc) is 2.37. The highest BCUT2D eigenvalue weighted by atomic mass is 14.8. The maximum atomic E-state index is 3.15. The quantitative estimate of drug-likeness (QED) is 0.781. The van der Waals surface area contributed by atoms with Crippen LogP contribution in [0.15, 0.2) is 42.5 Å². The Morgan fingerprint density at radius 1 is 1.12 bits per heavy atom. The van der Waals surface area contributed by atoms with Crippen molar-refractivity contribution in [2.45, 2.75) is 13.3 Å². The second-order valence-corrected chi connectivity index (χ2v) is 4.31. The summed E-state index contributed by atoms with van der Waals surface area (Å²) >= 11 is 0. The Morgan fingerprint density at radius 3 is 2.76 bits per heavy atom. The first-order valence-corrected chi connectivity index (χ1v) is 6.12. The van der Waals surface area contributed by atoms with E-state index >= 15 is 0 Å². The fourth-order valence-electron chi connectivity index (χ4n) is 2.05. The number of nitrogens with one attached hydrogen (secondary N) is 1. The molecule has 0 bridgehead atoms. The first-order valence-electron chi connectivity index (χ1n) is 6.12. The van der Waals surface area contributed by atoms with Crippen LogP contribution in [0.2, 0.25) is 0 Å². The molecule has 0 amide bonds. The van der Waals surface area contributed by atoms with E-state index in [2.05, 4.69) is 60.8 Å². The first-order chi connectivity index (χ1) is 8.33. The Balaban J connectivity index is 2.37. The molecule has 0 fully saturated rings. The third-order valence-corrected chi connectivity index (χ3v) is 3.03. The van der Waals surface area contributed by atoms with Gasteiger partial charge in [-0.2, -0.15) is 0 Å². The minimum Gasteiger partial charge on any atom is -0.319 e. The Hall–Kier alpha value is -1.60. The molecule has 2 aromatic rings. The van der Waals surface area contributed by atoms with Gasteiger partial charge in [0.05, 0.1) is 0 Å². The van der Waals surface area contributed by atoms with E-state index in [9.17, 15) is 0 Å². The minimum atomic E-state index is 1.03. The van der Waals surface area contributed by atoms with Crippen molar-refractivity contribution in [3.63, 3.8) is 0 Å². The molecule has 0 aliphatic carbocycles. The zero-order valence-electron chi connectivity index (χ0n) is 10.5. The largest absolute Gasteiger partial charge is 0.319 e. The van der Waals surface area contributed by atoms with Crippen molar-refractivity contribution in [1.82, 2.24) is 5.32 Å². The monoisotopic (exact) mass is 225 g/mol. The lowest BCUT2D eigenvalue weighted by Gasteiger charge is -2.06. The van der Waals surface area contributed by atoms with E-state index in [0.29, 0.717) is 0 Å². The van der Waals surface area contributed by atoms with Gasteiger partial charge < -0.3 is 5.32 Å². The third-order valence-electron chi connectivity index (χ3n) is 3.03. The maximum absolute atomic E-state index is 3.15. The van der Waals surface area contributed by atoms with Gasteiger partial charge in [0.25, 0.3) is 0 Å². The highest BCUT2D eigenvalue weighted by molar-refractivity contribution is 5.91. The van der Waals surface area contributed by atoms with Crippen molar-refractivity contribution in [1.29, 1.82) is 0 Å². The number of fused-ring (bicyclic) bond motifs is 1. The average molecular weight is 225 g/mol. The predicted molar refractivity (Wildman–Crippen MR) is 76.3 cm³/mol. The number of hydrogen-bond acceptors (Lipinski definition) is 1. The van der Waals surface area contributed by atoms with Gasteiger partial charge >= 0.3 is 0 Å². The summed E-state index contributed by atoms with van der Waals surface area (Å²) in [6.07, 6.45) is 5.56. The van der Waals surface area contributed by atoms with Crippen molar-refractivity contribution >= 4 is 16.8 Å². The fourth-order valence-corrected chi connectivity index (χ4v) is 2.05. The Kier molecular flexibility index (Phi) is 3.94. The van der Waals surface area contributed by atoms with Crippen molar-refractivity contribution in [3.05, 3.63) is 53.6 Å². The van der Waals surface area contributed by atoms with E-state index in [1.54, 1.807) is 0 Å². The van der Waals surface area contributed by atoms with Crippen LogP contribution >= 0.6 is 0 Å². The zero-order valence-corrected chi connectivity index (χ0v) is 10.5. The van der Waals surface area contributed by atoms with Gasteiger partial charge in [0.15, 0.2) is 0 Å². The summed E-state index contributed by atoms with van der Waals surface area (Å²) in [7, 11) is 1.98. The molecule has 0 saturated heterocycles. The number of hydrogen-bond donors (Lipinski definition) is 1. The van der Waals surface area contributed by atoms with Crippen molar-refractivity contribution in [3.8, 4) is 0 Å². The smallest absolute Gasteiger partial charge is 0.00172 e. The number of rotatable bonds is 4. The second-order valence-electron chi connectivity index (χ2n) is 4.31. The normalized spacial score (nSPS) is 11.4. The molecule has 0 radical (unpaired) electrons. The van der Waals surface area contributed by atoms with Crippen LogP contribution in [0.5, 0.6) is 0 Å². The molecule has 0 aromatic heterocycles. The van der Waals surface area contributed by atoms with Crippen molar-refractivity contribution < 1.29 is 0 Å². The maximum Gasteiger partial charge on any atom is -0.00172 e. The van der Waals surface area contributed by atoms with E-state index < -0.39 is 0 Å². The summed E-state index contributed by atoms with van der Waals surface area (Å²) in [6.45, 7) is 3.20. The van der Waals surface area contributed by atoms with Crippen LogP contribution in [0.25, 0.3) is 16.8 Å². The van der Waals surface area contributed by atoms with Crippen LogP contribution in [0.3, 0.4) is 0 Å². The molecule has 2 aromatic carbocycles. The second kappa shape index (κ2) is 5.65. The molecule has 1 N–H and O–H groups in total. The van der Waals surface area contributed by atoms with Gasteiger partial charge in [-0.3, -0.25) is 0 Å². The van der Waals surface area contributed by atoms with Crippen LogP contribution in [-0.2, 0) is 0 Å². The van der Waals surface area contributed by atoms with Gasteiger partial charge in [-0.25, -0.2) is 0 Å². The van der Waals surface area contributed by atoms with Crippen molar-refractivity contribution in [2.24, 2.45) is 0 Å². The SMILES string of the molecule is CNCCC=Cc1c(C)ccc2ccccc12. The molecule has 1 nitrogen and oxygen atoms in total. The van der Waals surface area contributed by atoms with Crippen LogP contribution in [0, 0.1) is 6.92 Å². The van der Waals surface area contributed by atoms with E-state index in [0.717, 1.165) is 13.0 Å². The van der Waals surface area contributed by atoms with Gasteiger partial charge in [-0.15, -0.1) is 0 Å². The molecule has 0 unspecified atom stereocenters. The van der Waals surface area contributed by atoms with E-state index in [4.69, 9.17) is 0 Å². The highest BCUT2D eigenvalue weighted by Crippen LogP contribution is 2.23. The van der Waals surface area contributed by atoms with Gasteiger partial charge in [0.1, 0.15) is 0 Å². The fraction of sp³-hybridized carbons (Fsp3) is 0.250. The molecule has 2 rings (SSSR count). The molecule has 0 aliphatic heterocycles. The lowest BCUT2D eigenvalue weighted by molar-refractivity contribution is 0.809. The van der Waals surface area contributed by atoms with E-state index in [1.807, 2.05) is 7.05 Å². The van der Waals surface area contributed by atoms with Crippen LogP contribution in [0.4, 0.5) is 0 Å². The molecular weight excluding hydrogens is 206 g/mol. The molecule has 1 heteroatoms. The summed E-state index contributed by atoms with van der Waals surface area (Å²) in [4.78, 5) is 0. The molecule has 0 spiro atoms. The molecule has 17 heavy (non-hydrogen) atoms. The summed E-state index contributed by atoms with van der Waals surface area (Å²) in [6, 6.07) is 12.9. The van der Waals surface area contributed by atoms with Crippen LogP contribution in [-0.4, -0.2) is 13.6 Å². The van der Waals surface area contributed by atoms with E-state index in [1.165, 1.54) is 21.9 Å². The summed E-state index contributed by atoms with van der Waals surface area (Å²) < 4.78 is 0. The summed E-state index contributed by atoms with van der Waals surface area (Å²) in [5.74, 6) is 0. The lowest BCUT2D eigenvalue weighted by Crippen LogP contribution is -2.05. The van der Waals surface area contributed by atoms with Gasteiger partial charge in [0, 0.05) is 0 Å². The van der Waals surface area contributed by atoms with Gasteiger partial charge in [0.2, 0.25) is 0 Å². The minimum absolute atomic E-state index is 1.03. The summed E-state index contributed by atoms with van der Waals surface area (Å²) in [5, 5.41) is 5.81. The molecular formula is C16H19N. The van der Waals surface area contributed by atoms with E-state index in [-0.39, 0.29) is 0 Å². The molecule has 0 aliphatic rings. The predicted octanol–water partition coefficient (Wildman–Crippen LogP) is 3.77.